The first-order valence-electron chi connectivity index (χ1n) is 5.26. The molecule has 1 aromatic carbocycles. The number of furan rings is 1. The summed E-state index contributed by atoms with van der Waals surface area (Å²) in [6.45, 7) is -0.0968. The monoisotopic (exact) mass is 268 g/mol. The van der Waals surface area contributed by atoms with Gasteiger partial charge in [0.25, 0.3) is 5.91 Å². The predicted octanol–water partition coefficient (Wildman–Crippen LogP) is 1.74. The first-order valence-corrected chi connectivity index (χ1v) is 5.26. The molecule has 0 atom stereocenters. The molecule has 0 bridgehead atoms. The highest BCUT2D eigenvalue weighted by Crippen LogP contribution is 2.19. The Morgan fingerprint density at radius 3 is 2.84 bits per heavy atom. The number of amides is 1. The van der Waals surface area contributed by atoms with E-state index in [9.17, 15) is 13.6 Å². The van der Waals surface area contributed by atoms with E-state index in [1.165, 1.54) is 18.4 Å². The van der Waals surface area contributed by atoms with Gasteiger partial charge in [0.2, 0.25) is 0 Å². The zero-order valence-corrected chi connectivity index (χ0v) is 9.65. The molecular formula is C12H10F2N2O3. The van der Waals surface area contributed by atoms with Crippen molar-refractivity contribution in [3.63, 3.8) is 0 Å². The first kappa shape index (κ1) is 13.0. The van der Waals surface area contributed by atoms with Crippen LogP contribution in [0.15, 0.2) is 34.9 Å². The number of hydrazine groups is 1. The summed E-state index contributed by atoms with van der Waals surface area (Å²) in [6, 6.07) is 4.36. The SMILES string of the molecule is NNC(=O)c1coc(COc2ccc(F)cc2F)c1. The fourth-order valence-corrected chi connectivity index (χ4v) is 1.40. The van der Waals surface area contributed by atoms with Crippen molar-refractivity contribution in [2.75, 3.05) is 0 Å². The van der Waals surface area contributed by atoms with Crippen LogP contribution in [0, 0.1) is 11.6 Å². The summed E-state index contributed by atoms with van der Waals surface area (Å²) in [5, 5.41) is 0. The van der Waals surface area contributed by atoms with Crippen molar-refractivity contribution in [2.45, 2.75) is 6.61 Å². The number of carbonyl (C=O) groups excluding carboxylic acids is 1. The second kappa shape index (κ2) is 5.49. The minimum atomic E-state index is -0.813. The Morgan fingerprint density at radius 2 is 2.16 bits per heavy atom. The van der Waals surface area contributed by atoms with Gasteiger partial charge in [-0.1, -0.05) is 0 Å². The molecule has 0 saturated carbocycles. The third-order valence-electron chi connectivity index (χ3n) is 2.31. The minimum Gasteiger partial charge on any atom is -0.483 e. The number of rotatable bonds is 4. The largest absolute Gasteiger partial charge is 0.483 e. The Bertz CT molecular complexity index is 598. The second-order valence-electron chi connectivity index (χ2n) is 3.64. The van der Waals surface area contributed by atoms with Gasteiger partial charge in [-0.25, -0.2) is 14.6 Å². The minimum absolute atomic E-state index is 0.0968. The lowest BCUT2D eigenvalue weighted by molar-refractivity contribution is 0.0953. The number of carbonyl (C=O) groups is 1. The van der Waals surface area contributed by atoms with Crippen LogP contribution in [0.2, 0.25) is 0 Å². The van der Waals surface area contributed by atoms with Gasteiger partial charge in [0.15, 0.2) is 11.6 Å². The molecule has 2 rings (SSSR count). The molecule has 0 radical (unpaired) electrons. The van der Waals surface area contributed by atoms with Crippen LogP contribution >= 0.6 is 0 Å². The van der Waals surface area contributed by atoms with Crippen molar-refractivity contribution >= 4 is 5.91 Å². The molecule has 7 heteroatoms. The summed E-state index contributed by atoms with van der Waals surface area (Å²) in [5.74, 6) is 3.14. The van der Waals surface area contributed by atoms with Gasteiger partial charge in [0.1, 0.15) is 24.4 Å². The standard InChI is InChI=1S/C12H10F2N2O3/c13-8-1-2-11(10(14)4-8)19-6-9-3-7(5-18-9)12(17)16-15/h1-5H,6,15H2,(H,16,17). The van der Waals surface area contributed by atoms with Crippen molar-refractivity contribution < 1.29 is 22.7 Å². The molecule has 0 aliphatic carbocycles. The summed E-state index contributed by atoms with van der Waals surface area (Å²) >= 11 is 0. The van der Waals surface area contributed by atoms with Gasteiger partial charge in [0.05, 0.1) is 5.56 Å². The number of nitrogen functional groups attached to an aromatic ring is 1. The topological polar surface area (TPSA) is 77.5 Å². The second-order valence-corrected chi connectivity index (χ2v) is 3.64. The summed E-state index contributed by atoms with van der Waals surface area (Å²) in [6.07, 6.45) is 1.20. The molecule has 5 nitrogen and oxygen atoms in total. The smallest absolute Gasteiger partial charge is 0.268 e. The Hall–Kier alpha value is -2.41. The van der Waals surface area contributed by atoms with Crippen molar-refractivity contribution in [2.24, 2.45) is 5.84 Å². The molecule has 0 spiro atoms. The van der Waals surface area contributed by atoms with E-state index in [1.807, 2.05) is 5.43 Å². The first-order chi connectivity index (χ1) is 9.10. The van der Waals surface area contributed by atoms with E-state index in [-0.39, 0.29) is 17.9 Å². The fraction of sp³-hybridized carbons (Fsp3) is 0.0833. The average molecular weight is 268 g/mol. The van der Waals surface area contributed by atoms with Crippen LogP contribution in [0.3, 0.4) is 0 Å². The van der Waals surface area contributed by atoms with Crippen LogP contribution < -0.4 is 16.0 Å². The van der Waals surface area contributed by atoms with E-state index in [0.717, 1.165) is 6.07 Å². The number of hydrogen-bond acceptors (Lipinski definition) is 4. The van der Waals surface area contributed by atoms with E-state index in [4.69, 9.17) is 15.0 Å². The van der Waals surface area contributed by atoms with Crippen molar-refractivity contribution in [3.8, 4) is 5.75 Å². The molecule has 19 heavy (non-hydrogen) atoms. The van der Waals surface area contributed by atoms with Crippen LogP contribution in [0.1, 0.15) is 16.1 Å². The van der Waals surface area contributed by atoms with Gasteiger partial charge < -0.3 is 9.15 Å². The van der Waals surface area contributed by atoms with Crippen LogP contribution in [-0.4, -0.2) is 5.91 Å². The fourth-order valence-electron chi connectivity index (χ4n) is 1.40. The lowest BCUT2D eigenvalue weighted by Crippen LogP contribution is -2.29. The molecule has 0 unspecified atom stereocenters. The third-order valence-corrected chi connectivity index (χ3v) is 2.31. The Balaban J connectivity index is 2.02. The molecule has 2 aromatic rings. The number of nitrogens with two attached hydrogens (primary N) is 1. The molecule has 1 aromatic heterocycles. The number of ether oxygens (including phenoxy) is 1. The third kappa shape index (κ3) is 3.08. The maximum Gasteiger partial charge on any atom is 0.268 e. The maximum atomic E-state index is 13.3. The van der Waals surface area contributed by atoms with E-state index in [0.29, 0.717) is 11.8 Å². The van der Waals surface area contributed by atoms with E-state index in [1.54, 1.807) is 0 Å². The van der Waals surface area contributed by atoms with Gasteiger partial charge in [0, 0.05) is 6.07 Å². The molecule has 3 N–H and O–H groups in total. The van der Waals surface area contributed by atoms with Crippen LogP contribution in [0.25, 0.3) is 0 Å². The van der Waals surface area contributed by atoms with Crippen molar-refractivity contribution in [3.05, 3.63) is 53.5 Å². The Labute approximate surface area is 106 Å². The quantitative estimate of drug-likeness (QED) is 0.503. The van der Waals surface area contributed by atoms with E-state index in [2.05, 4.69) is 0 Å². The lowest BCUT2D eigenvalue weighted by Gasteiger charge is -2.04. The van der Waals surface area contributed by atoms with Gasteiger partial charge in [-0.3, -0.25) is 10.2 Å². The summed E-state index contributed by atoms with van der Waals surface area (Å²) in [7, 11) is 0. The van der Waals surface area contributed by atoms with Crippen molar-refractivity contribution in [1.29, 1.82) is 0 Å². The predicted molar refractivity (Wildman–Crippen MR) is 61.1 cm³/mol. The van der Waals surface area contributed by atoms with Gasteiger partial charge in [-0.15, -0.1) is 0 Å². The molecule has 0 aliphatic rings. The van der Waals surface area contributed by atoms with Crippen LogP contribution in [0.5, 0.6) is 5.75 Å². The molecular weight excluding hydrogens is 258 g/mol. The summed E-state index contributed by atoms with van der Waals surface area (Å²) in [4.78, 5) is 11.2. The Morgan fingerprint density at radius 1 is 1.37 bits per heavy atom. The normalized spacial score (nSPS) is 10.3. The maximum absolute atomic E-state index is 13.3. The molecule has 1 amide bonds. The summed E-state index contributed by atoms with van der Waals surface area (Å²) in [5.41, 5.74) is 2.17. The zero-order valence-electron chi connectivity index (χ0n) is 9.65. The highest BCUT2D eigenvalue weighted by atomic mass is 19.1. The number of benzene rings is 1. The molecule has 1 heterocycles. The van der Waals surface area contributed by atoms with E-state index >= 15 is 0 Å². The van der Waals surface area contributed by atoms with Crippen LogP contribution in [-0.2, 0) is 6.61 Å². The van der Waals surface area contributed by atoms with Gasteiger partial charge in [-0.05, 0) is 18.2 Å². The lowest BCUT2D eigenvalue weighted by atomic mass is 10.3. The van der Waals surface area contributed by atoms with E-state index < -0.39 is 17.5 Å². The van der Waals surface area contributed by atoms with Gasteiger partial charge in [-0.2, -0.15) is 0 Å². The highest BCUT2D eigenvalue weighted by Gasteiger charge is 2.10. The zero-order chi connectivity index (χ0) is 13.8. The van der Waals surface area contributed by atoms with Crippen molar-refractivity contribution in [1.82, 2.24) is 5.43 Å². The van der Waals surface area contributed by atoms with Crippen LogP contribution in [0.4, 0.5) is 8.78 Å². The molecule has 0 fully saturated rings. The van der Waals surface area contributed by atoms with Gasteiger partial charge >= 0.3 is 0 Å². The number of nitrogens with one attached hydrogen (secondary N) is 1. The highest BCUT2D eigenvalue weighted by molar-refractivity contribution is 5.93. The number of hydrogen-bond donors (Lipinski definition) is 2. The molecule has 0 saturated heterocycles. The molecule has 0 aliphatic heterocycles. The number of halogens is 2. The average Bonchev–Trinajstić information content (AvgIpc) is 2.85. The Kier molecular flexibility index (Phi) is 3.76. The molecule has 100 valence electrons. The summed E-state index contributed by atoms with van der Waals surface area (Å²) < 4.78 is 36.1.